The van der Waals surface area contributed by atoms with Gasteiger partial charge in [-0.15, -0.1) is 11.3 Å². The van der Waals surface area contributed by atoms with E-state index < -0.39 is 0 Å². The van der Waals surface area contributed by atoms with Gasteiger partial charge in [0.25, 0.3) is 5.91 Å². The van der Waals surface area contributed by atoms with E-state index in [1.807, 2.05) is 51.1 Å². The second-order valence-corrected chi connectivity index (χ2v) is 6.77. The molecule has 0 saturated heterocycles. The Bertz CT molecular complexity index is 881. The molecule has 4 nitrogen and oxygen atoms in total. The number of carbonyl (C=O) groups excluding carboxylic acids is 1. The number of carbonyl (C=O) groups is 1. The molecule has 0 unspecified atom stereocenters. The number of amides is 1. The highest BCUT2D eigenvalue weighted by molar-refractivity contribution is 7.21. The van der Waals surface area contributed by atoms with E-state index in [-0.39, 0.29) is 5.91 Å². The number of aryl methyl sites for hydroxylation is 3. The number of hydrogen-bond acceptors (Lipinski definition) is 4. The number of fused-ring (bicyclic) bond motifs is 1. The molecule has 0 aliphatic carbocycles. The maximum Gasteiger partial charge on any atom is 0.263 e. The largest absolute Gasteiger partial charge is 0.397 e. The lowest BCUT2D eigenvalue weighted by molar-refractivity contribution is 0.0956. The van der Waals surface area contributed by atoms with Crippen molar-refractivity contribution in [3.63, 3.8) is 0 Å². The summed E-state index contributed by atoms with van der Waals surface area (Å²) in [4.78, 5) is 18.3. The Labute approximate surface area is 139 Å². The number of nitrogen functional groups attached to an aromatic ring is 1. The number of anilines is 1. The lowest BCUT2D eigenvalue weighted by Crippen LogP contribution is -2.22. The minimum Gasteiger partial charge on any atom is -0.397 e. The predicted octanol–water partition coefficient (Wildman–Crippen LogP) is 3.73. The number of thiophene rings is 1. The Morgan fingerprint density at radius 1 is 1.22 bits per heavy atom. The first-order valence-electron chi connectivity index (χ1n) is 7.45. The van der Waals surface area contributed by atoms with E-state index in [1.165, 1.54) is 16.9 Å². The highest BCUT2D eigenvalue weighted by Crippen LogP contribution is 2.34. The third kappa shape index (κ3) is 3.05. The van der Waals surface area contributed by atoms with E-state index in [9.17, 15) is 4.79 Å². The summed E-state index contributed by atoms with van der Waals surface area (Å²) < 4.78 is 0. The first-order chi connectivity index (χ1) is 11.0. The smallest absolute Gasteiger partial charge is 0.263 e. The van der Waals surface area contributed by atoms with Crippen molar-refractivity contribution in [2.75, 3.05) is 5.73 Å². The topological polar surface area (TPSA) is 68.0 Å². The summed E-state index contributed by atoms with van der Waals surface area (Å²) in [5, 5.41) is 3.82. The SMILES string of the molecule is Cc1ccc(CNC(=O)c2sc3nc(C)cc(C)c3c2N)cc1. The summed E-state index contributed by atoms with van der Waals surface area (Å²) in [6, 6.07) is 10.1. The van der Waals surface area contributed by atoms with Gasteiger partial charge in [0.15, 0.2) is 0 Å². The molecule has 0 fully saturated rings. The minimum absolute atomic E-state index is 0.150. The van der Waals surface area contributed by atoms with E-state index in [4.69, 9.17) is 5.73 Å². The molecule has 0 saturated carbocycles. The van der Waals surface area contributed by atoms with Crippen LogP contribution in [0.1, 0.15) is 32.1 Å². The monoisotopic (exact) mass is 325 g/mol. The summed E-state index contributed by atoms with van der Waals surface area (Å²) in [5.41, 5.74) is 11.0. The van der Waals surface area contributed by atoms with Crippen LogP contribution in [0.3, 0.4) is 0 Å². The van der Waals surface area contributed by atoms with E-state index in [0.29, 0.717) is 17.1 Å². The van der Waals surface area contributed by atoms with Crippen LogP contribution in [0, 0.1) is 20.8 Å². The van der Waals surface area contributed by atoms with Crippen molar-refractivity contribution < 1.29 is 4.79 Å². The van der Waals surface area contributed by atoms with Crippen LogP contribution in [0.5, 0.6) is 0 Å². The number of rotatable bonds is 3. The molecule has 3 aromatic rings. The van der Waals surface area contributed by atoms with Crippen molar-refractivity contribution in [3.05, 3.63) is 57.6 Å². The van der Waals surface area contributed by atoms with Crippen molar-refractivity contribution in [1.29, 1.82) is 0 Å². The molecule has 0 spiro atoms. The standard InChI is InChI=1S/C18H19N3OS/c1-10-4-6-13(7-5-10)9-20-17(22)16-15(19)14-11(2)8-12(3)21-18(14)23-16/h4-8H,9,19H2,1-3H3,(H,20,22). The number of nitrogens with zero attached hydrogens (tertiary/aromatic N) is 1. The molecule has 0 radical (unpaired) electrons. The third-order valence-electron chi connectivity index (χ3n) is 3.80. The Kier molecular flexibility index (Phi) is 4.05. The molecule has 1 aromatic carbocycles. The number of pyridine rings is 1. The minimum atomic E-state index is -0.150. The molecule has 3 N–H and O–H groups in total. The maximum atomic E-state index is 12.5. The maximum absolute atomic E-state index is 12.5. The van der Waals surface area contributed by atoms with E-state index >= 15 is 0 Å². The van der Waals surface area contributed by atoms with Gasteiger partial charge >= 0.3 is 0 Å². The van der Waals surface area contributed by atoms with Gasteiger partial charge in [0.05, 0.1) is 5.69 Å². The summed E-state index contributed by atoms with van der Waals surface area (Å²) in [7, 11) is 0. The van der Waals surface area contributed by atoms with Crippen LogP contribution < -0.4 is 11.1 Å². The highest BCUT2D eigenvalue weighted by Gasteiger charge is 2.18. The van der Waals surface area contributed by atoms with Crippen molar-refractivity contribution in [1.82, 2.24) is 10.3 Å². The van der Waals surface area contributed by atoms with Crippen LogP contribution in [-0.4, -0.2) is 10.9 Å². The van der Waals surface area contributed by atoms with Crippen LogP contribution in [0.4, 0.5) is 5.69 Å². The Morgan fingerprint density at radius 2 is 1.91 bits per heavy atom. The van der Waals surface area contributed by atoms with Gasteiger partial charge in [-0.2, -0.15) is 0 Å². The van der Waals surface area contributed by atoms with Crippen LogP contribution in [-0.2, 0) is 6.54 Å². The van der Waals surface area contributed by atoms with E-state index in [2.05, 4.69) is 10.3 Å². The fourth-order valence-electron chi connectivity index (χ4n) is 2.61. The Morgan fingerprint density at radius 3 is 2.61 bits per heavy atom. The Balaban J connectivity index is 1.85. The van der Waals surface area contributed by atoms with E-state index in [0.717, 1.165) is 27.0 Å². The van der Waals surface area contributed by atoms with Gasteiger partial charge in [-0.3, -0.25) is 4.79 Å². The van der Waals surface area contributed by atoms with Gasteiger partial charge < -0.3 is 11.1 Å². The molecule has 0 atom stereocenters. The lowest BCUT2D eigenvalue weighted by Gasteiger charge is -2.05. The van der Waals surface area contributed by atoms with Gasteiger partial charge in [0.1, 0.15) is 9.71 Å². The van der Waals surface area contributed by atoms with Gasteiger partial charge in [0, 0.05) is 17.6 Å². The summed E-state index contributed by atoms with van der Waals surface area (Å²) in [6.45, 7) is 6.46. The van der Waals surface area contributed by atoms with Crippen molar-refractivity contribution in [2.45, 2.75) is 27.3 Å². The number of benzene rings is 1. The molecule has 0 aliphatic heterocycles. The zero-order chi connectivity index (χ0) is 16.6. The number of hydrogen-bond donors (Lipinski definition) is 2. The van der Waals surface area contributed by atoms with Crippen molar-refractivity contribution >= 4 is 33.1 Å². The van der Waals surface area contributed by atoms with Gasteiger partial charge in [0.2, 0.25) is 0 Å². The van der Waals surface area contributed by atoms with Gasteiger partial charge in [-0.1, -0.05) is 29.8 Å². The Hall–Kier alpha value is -2.40. The highest BCUT2D eigenvalue weighted by atomic mass is 32.1. The van der Waals surface area contributed by atoms with Gasteiger partial charge in [-0.25, -0.2) is 4.98 Å². The molecular formula is C18H19N3OS. The molecule has 2 heterocycles. The molecule has 23 heavy (non-hydrogen) atoms. The zero-order valence-corrected chi connectivity index (χ0v) is 14.3. The number of aromatic nitrogens is 1. The molecule has 1 amide bonds. The van der Waals surface area contributed by atoms with Crippen molar-refractivity contribution in [3.8, 4) is 0 Å². The molecule has 0 bridgehead atoms. The predicted molar refractivity (Wildman–Crippen MR) is 95.9 cm³/mol. The third-order valence-corrected chi connectivity index (χ3v) is 4.90. The molecule has 2 aromatic heterocycles. The van der Waals surface area contributed by atoms with Crippen LogP contribution >= 0.6 is 11.3 Å². The first kappa shape index (κ1) is 15.5. The second-order valence-electron chi connectivity index (χ2n) is 5.77. The average Bonchev–Trinajstić information content (AvgIpc) is 2.83. The summed E-state index contributed by atoms with van der Waals surface area (Å²) in [6.07, 6.45) is 0. The van der Waals surface area contributed by atoms with Gasteiger partial charge in [-0.05, 0) is 38.0 Å². The van der Waals surface area contributed by atoms with E-state index in [1.54, 1.807) is 0 Å². The molecular weight excluding hydrogens is 306 g/mol. The average molecular weight is 325 g/mol. The zero-order valence-electron chi connectivity index (χ0n) is 13.4. The molecule has 0 aliphatic rings. The molecule has 5 heteroatoms. The van der Waals surface area contributed by atoms with Crippen LogP contribution in [0.2, 0.25) is 0 Å². The van der Waals surface area contributed by atoms with Crippen LogP contribution in [0.25, 0.3) is 10.2 Å². The molecule has 118 valence electrons. The normalized spacial score (nSPS) is 10.9. The quantitative estimate of drug-likeness (QED) is 0.771. The number of nitrogens with two attached hydrogens (primary N) is 1. The number of nitrogens with one attached hydrogen (secondary N) is 1. The first-order valence-corrected chi connectivity index (χ1v) is 8.27. The summed E-state index contributed by atoms with van der Waals surface area (Å²) in [5.74, 6) is -0.150. The van der Waals surface area contributed by atoms with Crippen LogP contribution in [0.15, 0.2) is 30.3 Å². The second kappa shape index (κ2) is 6.01. The lowest BCUT2D eigenvalue weighted by atomic mass is 10.1. The molecule has 3 rings (SSSR count). The fraction of sp³-hybridized carbons (Fsp3) is 0.222. The van der Waals surface area contributed by atoms with Crippen molar-refractivity contribution in [2.24, 2.45) is 0 Å². The summed E-state index contributed by atoms with van der Waals surface area (Å²) >= 11 is 1.35. The fourth-order valence-corrected chi connectivity index (χ4v) is 3.74.